The highest BCUT2D eigenvalue weighted by Crippen LogP contribution is 2.32. The molecule has 2 atom stereocenters. The molecule has 26 heavy (non-hydrogen) atoms. The molecule has 2 saturated heterocycles. The van der Waals surface area contributed by atoms with Gasteiger partial charge in [0.1, 0.15) is 6.04 Å². The first-order valence-electron chi connectivity index (χ1n) is 8.76. The van der Waals surface area contributed by atoms with Gasteiger partial charge in [-0.15, -0.1) is 11.8 Å². The fraction of sp³-hybridized carbons (Fsp3) is 0.500. The van der Waals surface area contributed by atoms with Crippen LogP contribution in [0.1, 0.15) is 26.7 Å². The van der Waals surface area contributed by atoms with Crippen LogP contribution in [0.5, 0.6) is 0 Å². The molecule has 0 spiro atoms. The maximum absolute atomic E-state index is 12.9. The second-order valence-electron chi connectivity index (χ2n) is 6.86. The number of nitrogens with zero attached hydrogens (tertiary/aromatic N) is 2. The zero-order valence-electron chi connectivity index (χ0n) is 15.2. The van der Waals surface area contributed by atoms with Gasteiger partial charge < -0.3 is 15.5 Å². The summed E-state index contributed by atoms with van der Waals surface area (Å²) in [6.07, 6.45) is 3.03. The Labute approximate surface area is 157 Å². The summed E-state index contributed by atoms with van der Waals surface area (Å²) in [6.45, 7) is 4.24. The molecule has 0 radical (unpaired) electrons. The summed E-state index contributed by atoms with van der Waals surface area (Å²) in [6, 6.07) is 6.32. The summed E-state index contributed by atoms with van der Waals surface area (Å²) in [7, 11) is 0. The first kappa shape index (κ1) is 18.6. The third-order valence-electron chi connectivity index (χ3n) is 4.61. The van der Waals surface area contributed by atoms with Crippen LogP contribution in [0, 0.1) is 0 Å². The fourth-order valence-electron chi connectivity index (χ4n) is 3.41. The highest BCUT2D eigenvalue weighted by atomic mass is 32.2. The molecular formula is C18H24N4O3S. The maximum Gasteiger partial charge on any atom is 0.332 e. The molecule has 0 saturated carbocycles. The van der Waals surface area contributed by atoms with Gasteiger partial charge in [-0.25, -0.2) is 14.5 Å². The van der Waals surface area contributed by atoms with Gasteiger partial charge in [-0.3, -0.25) is 4.79 Å². The van der Waals surface area contributed by atoms with Crippen LogP contribution < -0.4 is 15.5 Å². The number of piperidine rings is 1. The van der Waals surface area contributed by atoms with E-state index in [9.17, 15) is 14.4 Å². The van der Waals surface area contributed by atoms with Gasteiger partial charge in [0.2, 0.25) is 0 Å². The van der Waals surface area contributed by atoms with E-state index < -0.39 is 6.04 Å². The molecule has 2 N–H and O–H groups in total. The number of fused-ring (bicyclic) bond motifs is 1. The highest BCUT2D eigenvalue weighted by molar-refractivity contribution is 7.98. The van der Waals surface area contributed by atoms with Gasteiger partial charge in [0, 0.05) is 23.5 Å². The first-order valence-corrected chi connectivity index (χ1v) is 9.99. The molecule has 5 amide bonds. The molecule has 0 aliphatic carbocycles. The molecule has 0 bridgehead atoms. The van der Waals surface area contributed by atoms with E-state index in [2.05, 4.69) is 10.6 Å². The lowest BCUT2D eigenvalue weighted by molar-refractivity contribution is -0.120. The van der Waals surface area contributed by atoms with E-state index in [1.807, 2.05) is 38.3 Å². The topological polar surface area (TPSA) is 81.8 Å². The number of rotatable bonds is 4. The van der Waals surface area contributed by atoms with E-state index in [-0.39, 0.29) is 30.1 Å². The summed E-state index contributed by atoms with van der Waals surface area (Å²) < 4.78 is 0. The van der Waals surface area contributed by atoms with Gasteiger partial charge in [0.25, 0.3) is 5.91 Å². The zero-order chi connectivity index (χ0) is 18.8. The Morgan fingerprint density at radius 3 is 2.77 bits per heavy atom. The monoisotopic (exact) mass is 376 g/mol. The lowest BCUT2D eigenvalue weighted by atomic mass is 9.98. The van der Waals surface area contributed by atoms with Crippen molar-refractivity contribution >= 4 is 35.4 Å². The van der Waals surface area contributed by atoms with E-state index in [1.165, 1.54) is 4.90 Å². The molecule has 2 aliphatic rings. The number of anilines is 1. The maximum atomic E-state index is 12.9. The second kappa shape index (κ2) is 7.57. The Balaban J connectivity index is 1.73. The number of imide groups is 1. The molecule has 140 valence electrons. The third kappa shape index (κ3) is 3.65. The smallest absolute Gasteiger partial charge is 0.332 e. The number of thioether (sulfide) groups is 1. The summed E-state index contributed by atoms with van der Waals surface area (Å²) in [5.74, 6) is -0.218. The minimum atomic E-state index is -0.515. The Morgan fingerprint density at radius 2 is 2.08 bits per heavy atom. The molecule has 3 rings (SSSR count). The van der Waals surface area contributed by atoms with Crippen LogP contribution in [-0.2, 0) is 4.79 Å². The van der Waals surface area contributed by atoms with Crippen molar-refractivity contribution in [1.82, 2.24) is 15.5 Å². The Morgan fingerprint density at radius 1 is 1.31 bits per heavy atom. The van der Waals surface area contributed by atoms with Crippen LogP contribution in [0.3, 0.4) is 0 Å². The summed E-state index contributed by atoms with van der Waals surface area (Å²) in [5.41, 5.74) is 0.600. The highest BCUT2D eigenvalue weighted by Gasteiger charge is 2.48. The number of carbonyl (C=O) groups is 3. The Kier molecular flexibility index (Phi) is 5.41. The molecule has 1 aromatic rings. The number of urea groups is 2. The number of carbonyl (C=O) groups excluding carboxylic acids is 3. The van der Waals surface area contributed by atoms with Crippen LogP contribution in [0.25, 0.3) is 0 Å². The number of amides is 5. The summed E-state index contributed by atoms with van der Waals surface area (Å²) >= 11 is 1.56. The number of benzene rings is 1. The van der Waals surface area contributed by atoms with Crippen molar-refractivity contribution in [3.63, 3.8) is 0 Å². The Bertz CT molecular complexity index is 724. The first-order chi connectivity index (χ1) is 12.4. The van der Waals surface area contributed by atoms with Crippen LogP contribution >= 0.6 is 11.8 Å². The van der Waals surface area contributed by atoms with Crippen LogP contribution in [0.4, 0.5) is 15.3 Å². The lowest BCUT2D eigenvalue weighted by Gasteiger charge is -2.32. The molecule has 2 fully saturated rings. The summed E-state index contributed by atoms with van der Waals surface area (Å²) in [4.78, 5) is 41.4. The van der Waals surface area contributed by atoms with Gasteiger partial charge in [0.15, 0.2) is 0 Å². The van der Waals surface area contributed by atoms with E-state index in [1.54, 1.807) is 22.7 Å². The lowest BCUT2D eigenvalue weighted by Crippen LogP contribution is -2.52. The second-order valence-corrected chi connectivity index (χ2v) is 7.74. The minimum absolute atomic E-state index is 0.0454. The molecule has 7 nitrogen and oxygen atoms in total. The van der Waals surface area contributed by atoms with Gasteiger partial charge in [0.05, 0.1) is 5.69 Å². The van der Waals surface area contributed by atoms with Crippen molar-refractivity contribution in [2.24, 2.45) is 0 Å². The predicted molar refractivity (Wildman–Crippen MR) is 101 cm³/mol. The van der Waals surface area contributed by atoms with Crippen LogP contribution in [0.2, 0.25) is 0 Å². The quantitative estimate of drug-likeness (QED) is 0.625. The van der Waals surface area contributed by atoms with Crippen LogP contribution in [-0.4, -0.2) is 53.8 Å². The third-order valence-corrected chi connectivity index (χ3v) is 5.34. The average Bonchev–Trinajstić information content (AvgIpc) is 2.85. The number of hydrogen-bond donors (Lipinski definition) is 2. The van der Waals surface area contributed by atoms with Crippen molar-refractivity contribution < 1.29 is 14.4 Å². The van der Waals surface area contributed by atoms with E-state index in [4.69, 9.17) is 0 Å². The molecule has 8 heteroatoms. The Hall–Kier alpha value is -2.22. The van der Waals surface area contributed by atoms with E-state index >= 15 is 0 Å². The molecule has 2 unspecified atom stereocenters. The summed E-state index contributed by atoms with van der Waals surface area (Å²) in [5, 5.41) is 5.70. The number of hydrogen-bond acceptors (Lipinski definition) is 4. The average molecular weight is 376 g/mol. The van der Waals surface area contributed by atoms with Gasteiger partial charge in [-0.1, -0.05) is 6.07 Å². The molecule has 2 aliphatic heterocycles. The minimum Gasteiger partial charge on any atom is -0.336 e. The van der Waals surface area contributed by atoms with Crippen molar-refractivity contribution in [2.75, 3.05) is 17.7 Å². The van der Waals surface area contributed by atoms with Gasteiger partial charge in [-0.05, 0) is 51.1 Å². The predicted octanol–water partition coefficient (Wildman–Crippen LogP) is 2.42. The normalized spacial score (nSPS) is 22.6. The van der Waals surface area contributed by atoms with Crippen molar-refractivity contribution in [3.05, 3.63) is 24.3 Å². The van der Waals surface area contributed by atoms with Crippen molar-refractivity contribution in [2.45, 2.75) is 49.7 Å². The van der Waals surface area contributed by atoms with E-state index in [0.717, 1.165) is 4.90 Å². The van der Waals surface area contributed by atoms with Crippen molar-refractivity contribution in [1.29, 1.82) is 0 Å². The van der Waals surface area contributed by atoms with Gasteiger partial charge >= 0.3 is 12.1 Å². The fourth-order valence-corrected chi connectivity index (χ4v) is 3.86. The number of nitrogens with one attached hydrogen (secondary N) is 2. The SMILES string of the molecule is CSc1cccc(N2C(=O)C3CC(NC(=O)NC(C)C)CCN3C2=O)c1. The van der Waals surface area contributed by atoms with Gasteiger partial charge in [-0.2, -0.15) is 0 Å². The molecule has 1 aromatic carbocycles. The molecular weight excluding hydrogens is 352 g/mol. The van der Waals surface area contributed by atoms with E-state index in [0.29, 0.717) is 25.1 Å². The van der Waals surface area contributed by atoms with Crippen LogP contribution in [0.15, 0.2) is 29.2 Å². The standard InChI is InChI=1S/C18H24N4O3S/c1-11(2)19-17(24)20-12-7-8-21-15(9-12)16(23)22(18(21)25)13-5-4-6-14(10-13)26-3/h4-6,10-12,15H,7-9H2,1-3H3,(H2,19,20,24). The van der Waals surface area contributed by atoms with Crippen molar-refractivity contribution in [3.8, 4) is 0 Å². The largest absolute Gasteiger partial charge is 0.336 e. The molecule has 0 aromatic heterocycles. The zero-order valence-corrected chi connectivity index (χ0v) is 16.0. The molecule has 2 heterocycles.